The van der Waals surface area contributed by atoms with Gasteiger partial charge in [-0.2, -0.15) is 0 Å². The predicted octanol–water partition coefficient (Wildman–Crippen LogP) is 1.25. The van der Waals surface area contributed by atoms with E-state index in [0.29, 0.717) is 17.0 Å². The summed E-state index contributed by atoms with van der Waals surface area (Å²) in [4.78, 5) is 25.5. The molecule has 0 aromatic heterocycles. The van der Waals surface area contributed by atoms with Crippen molar-refractivity contribution < 1.29 is 24.2 Å². The number of aliphatic hydroxyl groups is 1. The van der Waals surface area contributed by atoms with Crippen molar-refractivity contribution in [3.63, 3.8) is 0 Å². The van der Waals surface area contributed by atoms with Crippen LogP contribution >= 0.6 is 0 Å². The van der Waals surface area contributed by atoms with Gasteiger partial charge in [-0.25, -0.2) is 0 Å². The van der Waals surface area contributed by atoms with Gasteiger partial charge in [0.15, 0.2) is 5.60 Å². The van der Waals surface area contributed by atoms with Gasteiger partial charge in [0.05, 0.1) is 18.9 Å². The lowest BCUT2D eigenvalue weighted by atomic mass is 10.0. The molecule has 0 saturated carbocycles. The first-order valence-electron chi connectivity index (χ1n) is 6.79. The van der Waals surface area contributed by atoms with Gasteiger partial charge in [-0.05, 0) is 38.5 Å². The SMILES string of the molecule is CCOC(=O)CN1C(=O)C(C)(C)Oc2ccc(CO)cc21. The molecule has 0 unspecified atom stereocenters. The molecule has 1 aromatic rings. The smallest absolute Gasteiger partial charge is 0.326 e. The third kappa shape index (κ3) is 3.00. The van der Waals surface area contributed by atoms with Gasteiger partial charge in [-0.1, -0.05) is 6.07 Å². The normalized spacial score (nSPS) is 16.2. The molecule has 1 N–H and O–H groups in total. The average molecular weight is 293 g/mol. The van der Waals surface area contributed by atoms with Crippen molar-refractivity contribution in [2.45, 2.75) is 33.0 Å². The Morgan fingerprint density at radius 2 is 2.14 bits per heavy atom. The average Bonchev–Trinajstić information content (AvgIpc) is 2.43. The van der Waals surface area contributed by atoms with E-state index in [1.807, 2.05) is 0 Å². The highest BCUT2D eigenvalue weighted by molar-refractivity contribution is 6.05. The van der Waals surface area contributed by atoms with Gasteiger partial charge in [-0.3, -0.25) is 14.5 Å². The molecule has 114 valence electrons. The fourth-order valence-electron chi connectivity index (χ4n) is 2.20. The second kappa shape index (κ2) is 5.73. The number of aliphatic hydroxyl groups excluding tert-OH is 1. The zero-order valence-electron chi connectivity index (χ0n) is 12.4. The van der Waals surface area contributed by atoms with Crippen molar-refractivity contribution in [2.24, 2.45) is 0 Å². The minimum Gasteiger partial charge on any atom is -0.476 e. The van der Waals surface area contributed by atoms with Crippen molar-refractivity contribution in [1.29, 1.82) is 0 Å². The number of rotatable bonds is 4. The van der Waals surface area contributed by atoms with Gasteiger partial charge >= 0.3 is 5.97 Å². The number of fused-ring (bicyclic) bond motifs is 1. The maximum absolute atomic E-state index is 12.5. The number of amides is 1. The molecule has 1 aliphatic heterocycles. The maximum atomic E-state index is 12.5. The predicted molar refractivity (Wildman–Crippen MR) is 76.1 cm³/mol. The number of esters is 1. The largest absolute Gasteiger partial charge is 0.476 e. The molecule has 0 fully saturated rings. The summed E-state index contributed by atoms with van der Waals surface area (Å²) in [6.45, 7) is 4.93. The highest BCUT2D eigenvalue weighted by Gasteiger charge is 2.41. The first kappa shape index (κ1) is 15.3. The van der Waals surface area contributed by atoms with Crippen LogP contribution in [0.5, 0.6) is 5.75 Å². The highest BCUT2D eigenvalue weighted by Crippen LogP contribution is 2.38. The van der Waals surface area contributed by atoms with E-state index in [1.165, 1.54) is 4.90 Å². The molecule has 0 bridgehead atoms. The Bertz CT molecular complexity index is 567. The van der Waals surface area contributed by atoms with Gasteiger partial charge < -0.3 is 14.6 Å². The fourth-order valence-corrected chi connectivity index (χ4v) is 2.20. The highest BCUT2D eigenvalue weighted by atomic mass is 16.5. The van der Waals surface area contributed by atoms with Gasteiger partial charge in [0.25, 0.3) is 5.91 Å². The van der Waals surface area contributed by atoms with Crippen LogP contribution in [-0.2, 0) is 20.9 Å². The van der Waals surface area contributed by atoms with Crippen LogP contribution < -0.4 is 9.64 Å². The molecule has 1 amide bonds. The Morgan fingerprint density at radius 3 is 2.76 bits per heavy atom. The van der Waals surface area contributed by atoms with Gasteiger partial charge in [0.1, 0.15) is 12.3 Å². The number of ether oxygens (including phenoxy) is 2. The second-order valence-electron chi connectivity index (χ2n) is 5.27. The van der Waals surface area contributed by atoms with E-state index in [2.05, 4.69) is 0 Å². The molecule has 0 atom stereocenters. The molecule has 1 aliphatic rings. The number of nitrogens with zero attached hydrogens (tertiary/aromatic N) is 1. The van der Waals surface area contributed by atoms with Crippen LogP contribution in [0.25, 0.3) is 0 Å². The van der Waals surface area contributed by atoms with Crippen LogP contribution in [0.3, 0.4) is 0 Å². The van der Waals surface area contributed by atoms with Crippen LogP contribution in [0, 0.1) is 0 Å². The number of hydrogen-bond donors (Lipinski definition) is 1. The van der Waals surface area contributed by atoms with E-state index in [9.17, 15) is 14.7 Å². The van der Waals surface area contributed by atoms with Crippen molar-refractivity contribution in [2.75, 3.05) is 18.1 Å². The van der Waals surface area contributed by atoms with E-state index in [4.69, 9.17) is 9.47 Å². The molecule has 1 heterocycles. The minimum atomic E-state index is -1.06. The van der Waals surface area contributed by atoms with E-state index < -0.39 is 11.6 Å². The molecular weight excluding hydrogens is 274 g/mol. The molecule has 0 radical (unpaired) electrons. The van der Waals surface area contributed by atoms with E-state index in [1.54, 1.807) is 39.0 Å². The molecule has 6 heteroatoms. The third-order valence-corrected chi connectivity index (χ3v) is 3.21. The van der Waals surface area contributed by atoms with Gasteiger partial charge in [-0.15, -0.1) is 0 Å². The molecular formula is C15H19NO5. The van der Waals surface area contributed by atoms with E-state index >= 15 is 0 Å². The van der Waals surface area contributed by atoms with Gasteiger partial charge in [0, 0.05) is 0 Å². The van der Waals surface area contributed by atoms with Crippen LogP contribution in [0.15, 0.2) is 18.2 Å². The Labute approximate surface area is 123 Å². The van der Waals surface area contributed by atoms with Crippen molar-refractivity contribution in [3.05, 3.63) is 23.8 Å². The first-order chi connectivity index (χ1) is 9.89. The lowest BCUT2D eigenvalue weighted by Gasteiger charge is -2.38. The molecule has 21 heavy (non-hydrogen) atoms. The summed E-state index contributed by atoms with van der Waals surface area (Å²) in [7, 11) is 0. The van der Waals surface area contributed by atoms with Crippen LogP contribution in [0.2, 0.25) is 0 Å². The first-order valence-corrected chi connectivity index (χ1v) is 6.79. The summed E-state index contributed by atoms with van der Waals surface area (Å²) in [5, 5.41) is 9.22. The standard InChI is InChI=1S/C15H19NO5/c1-4-20-13(18)8-16-11-7-10(9-17)5-6-12(11)21-15(2,3)14(16)19/h5-7,17H,4,8-9H2,1-3H3. The summed E-state index contributed by atoms with van der Waals surface area (Å²) in [6.07, 6.45) is 0. The Hall–Kier alpha value is -2.08. The summed E-state index contributed by atoms with van der Waals surface area (Å²) >= 11 is 0. The van der Waals surface area contributed by atoms with Crippen molar-refractivity contribution in [3.8, 4) is 5.75 Å². The summed E-state index contributed by atoms with van der Waals surface area (Å²) in [6, 6.07) is 5.04. The van der Waals surface area contributed by atoms with Crippen LogP contribution in [0.4, 0.5) is 5.69 Å². The topological polar surface area (TPSA) is 76.1 Å². The second-order valence-corrected chi connectivity index (χ2v) is 5.27. The quantitative estimate of drug-likeness (QED) is 0.845. The summed E-state index contributed by atoms with van der Waals surface area (Å²) in [5.41, 5.74) is 0.0536. The zero-order valence-corrected chi connectivity index (χ0v) is 12.4. The Kier molecular flexibility index (Phi) is 4.18. The molecule has 1 aromatic carbocycles. The Morgan fingerprint density at radius 1 is 1.43 bits per heavy atom. The van der Waals surface area contributed by atoms with E-state index in [-0.39, 0.29) is 25.7 Å². The number of hydrogen-bond acceptors (Lipinski definition) is 5. The fraction of sp³-hybridized carbons (Fsp3) is 0.467. The van der Waals surface area contributed by atoms with Crippen molar-refractivity contribution >= 4 is 17.6 Å². The molecule has 6 nitrogen and oxygen atoms in total. The minimum absolute atomic E-state index is 0.155. The molecule has 2 rings (SSSR count). The Balaban J connectivity index is 2.41. The molecule has 0 aliphatic carbocycles. The van der Waals surface area contributed by atoms with E-state index in [0.717, 1.165) is 0 Å². The monoisotopic (exact) mass is 293 g/mol. The summed E-state index contributed by atoms with van der Waals surface area (Å²) < 4.78 is 10.6. The lowest BCUT2D eigenvalue weighted by Crippen LogP contribution is -2.54. The van der Waals surface area contributed by atoms with Crippen molar-refractivity contribution in [1.82, 2.24) is 0 Å². The van der Waals surface area contributed by atoms with Crippen LogP contribution in [-0.4, -0.2) is 35.7 Å². The van der Waals surface area contributed by atoms with Gasteiger partial charge in [0.2, 0.25) is 0 Å². The molecule has 0 spiro atoms. The number of benzene rings is 1. The van der Waals surface area contributed by atoms with Crippen LogP contribution in [0.1, 0.15) is 26.3 Å². The zero-order chi connectivity index (χ0) is 15.6. The third-order valence-electron chi connectivity index (χ3n) is 3.21. The number of carbonyl (C=O) groups is 2. The maximum Gasteiger partial charge on any atom is 0.326 e. The lowest BCUT2D eigenvalue weighted by molar-refractivity contribution is -0.144. The number of carbonyl (C=O) groups excluding carboxylic acids is 2. The molecule has 0 saturated heterocycles. The number of anilines is 1. The summed E-state index contributed by atoms with van der Waals surface area (Å²) in [5.74, 6) is -0.303.